The number of Topliss-reactive ketones (excluding diaryl/α,β-unsaturated/α-hetero) is 1. The van der Waals surface area contributed by atoms with Gasteiger partial charge in [-0.15, -0.1) is 6.42 Å². The van der Waals surface area contributed by atoms with Crippen molar-refractivity contribution in [3.63, 3.8) is 0 Å². The largest absolute Gasteiger partial charge is 0.293 e. The van der Waals surface area contributed by atoms with Gasteiger partial charge in [0.15, 0.2) is 5.78 Å². The summed E-state index contributed by atoms with van der Waals surface area (Å²) in [4.78, 5) is 11.4. The van der Waals surface area contributed by atoms with Crippen LogP contribution < -0.4 is 0 Å². The van der Waals surface area contributed by atoms with E-state index in [0.29, 0.717) is 5.56 Å². The first-order chi connectivity index (χ1) is 6.13. The van der Waals surface area contributed by atoms with Crippen LogP contribution in [-0.2, 0) is 0 Å². The lowest BCUT2D eigenvalue weighted by atomic mass is 10.1. The minimum Gasteiger partial charge on any atom is -0.293 e. The van der Waals surface area contributed by atoms with E-state index in [9.17, 15) is 4.79 Å². The van der Waals surface area contributed by atoms with Gasteiger partial charge in [0.1, 0.15) is 0 Å². The Bertz CT molecular complexity index is 357. The molecule has 0 aliphatic rings. The van der Waals surface area contributed by atoms with Crippen LogP contribution >= 0.6 is 31.9 Å². The summed E-state index contributed by atoms with van der Waals surface area (Å²) in [7, 11) is 0. The molecular weight excluding hydrogens is 296 g/mol. The number of halogens is 2. The Kier molecular flexibility index (Phi) is 3.71. The molecule has 0 saturated carbocycles. The van der Waals surface area contributed by atoms with Crippen LogP contribution in [-0.4, -0.2) is 5.78 Å². The Morgan fingerprint density at radius 2 is 1.85 bits per heavy atom. The molecule has 3 heteroatoms. The minimum atomic E-state index is -0.0375. The maximum absolute atomic E-state index is 11.4. The average Bonchev–Trinajstić information content (AvgIpc) is 2.03. The summed E-state index contributed by atoms with van der Waals surface area (Å²) in [5.41, 5.74) is 0.624. The second kappa shape index (κ2) is 4.59. The molecule has 0 heterocycles. The molecule has 0 fully saturated rings. The number of terminal acetylenes is 1. The molecule has 1 aromatic rings. The van der Waals surface area contributed by atoms with Crippen molar-refractivity contribution >= 4 is 37.6 Å². The van der Waals surface area contributed by atoms with Crippen LogP contribution in [0.1, 0.15) is 16.8 Å². The predicted octanol–water partition coefficient (Wildman–Crippen LogP) is 3.42. The van der Waals surface area contributed by atoms with Gasteiger partial charge in [0, 0.05) is 14.5 Å². The molecule has 1 nitrogen and oxygen atoms in total. The molecule has 0 unspecified atom stereocenters. The van der Waals surface area contributed by atoms with Crippen molar-refractivity contribution in [2.24, 2.45) is 0 Å². The van der Waals surface area contributed by atoms with Gasteiger partial charge >= 0.3 is 0 Å². The number of hydrogen-bond donors (Lipinski definition) is 0. The molecule has 1 rings (SSSR count). The second-order valence-corrected chi connectivity index (χ2v) is 4.29. The monoisotopic (exact) mass is 300 g/mol. The lowest BCUT2D eigenvalue weighted by molar-refractivity contribution is 0.0998. The minimum absolute atomic E-state index is 0.0375. The van der Waals surface area contributed by atoms with E-state index in [-0.39, 0.29) is 12.2 Å². The molecule has 0 saturated heterocycles. The predicted molar refractivity (Wildman–Crippen MR) is 59.6 cm³/mol. The lowest BCUT2D eigenvalue weighted by Crippen LogP contribution is -1.96. The van der Waals surface area contributed by atoms with Crippen LogP contribution in [0.25, 0.3) is 0 Å². The number of carbonyl (C=O) groups excluding carboxylic acids is 1. The molecular formula is C10H6Br2O. The van der Waals surface area contributed by atoms with E-state index in [4.69, 9.17) is 6.42 Å². The Hall–Kier alpha value is -0.590. The van der Waals surface area contributed by atoms with Crippen molar-refractivity contribution in [1.29, 1.82) is 0 Å². The third kappa shape index (κ3) is 2.98. The van der Waals surface area contributed by atoms with E-state index < -0.39 is 0 Å². The first-order valence-electron chi connectivity index (χ1n) is 3.56. The molecule has 0 spiro atoms. The van der Waals surface area contributed by atoms with Gasteiger partial charge in [0.25, 0.3) is 0 Å². The van der Waals surface area contributed by atoms with Crippen molar-refractivity contribution in [1.82, 2.24) is 0 Å². The van der Waals surface area contributed by atoms with Crippen LogP contribution in [0.5, 0.6) is 0 Å². The van der Waals surface area contributed by atoms with Gasteiger partial charge in [-0.2, -0.15) is 0 Å². The number of hydrogen-bond acceptors (Lipinski definition) is 1. The first-order valence-corrected chi connectivity index (χ1v) is 5.15. The smallest absolute Gasteiger partial charge is 0.174 e. The zero-order valence-corrected chi connectivity index (χ0v) is 9.85. The van der Waals surface area contributed by atoms with E-state index in [1.807, 2.05) is 6.07 Å². The first kappa shape index (κ1) is 10.5. The highest BCUT2D eigenvalue weighted by Gasteiger charge is 2.05. The fraction of sp³-hybridized carbons (Fsp3) is 0.100. The van der Waals surface area contributed by atoms with Gasteiger partial charge in [-0.25, -0.2) is 0 Å². The topological polar surface area (TPSA) is 17.1 Å². The summed E-state index contributed by atoms with van der Waals surface area (Å²) in [5, 5.41) is 0. The molecule has 0 aliphatic carbocycles. The molecule has 0 aliphatic heterocycles. The summed E-state index contributed by atoms with van der Waals surface area (Å²) in [6, 6.07) is 5.38. The van der Waals surface area contributed by atoms with E-state index in [1.165, 1.54) is 0 Å². The highest BCUT2D eigenvalue weighted by Crippen LogP contribution is 2.20. The standard InChI is InChI=1S/C10H6Br2O/c1-2-3-10(13)7-4-8(11)6-9(12)5-7/h1,4-6H,3H2. The highest BCUT2D eigenvalue weighted by atomic mass is 79.9. The molecule has 0 atom stereocenters. The van der Waals surface area contributed by atoms with E-state index in [0.717, 1.165) is 8.95 Å². The van der Waals surface area contributed by atoms with Crippen molar-refractivity contribution < 1.29 is 4.79 Å². The van der Waals surface area contributed by atoms with Crippen molar-refractivity contribution in [2.45, 2.75) is 6.42 Å². The second-order valence-electron chi connectivity index (χ2n) is 2.46. The molecule has 0 radical (unpaired) electrons. The van der Waals surface area contributed by atoms with Gasteiger partial charge in [0.05, 0.1) is 6.42 Å². The molecule has 1 aromatic carbocycles. The number of benzene rings is 1. The zero-order valence-electron chi connectivity index (χ0n) is 6.68. The zero-order chi connectivity index (χ0) is 9.84. The number of rotatable bonds is 2. The van der Waals surface area contributed by atoms with Crippen LogP contribution in [0.3, 0.4) is 0 Å². The van der Waals surface area contributed by atoms with Crippen molar-refractivity contribution in [2.75, 3.05) is 0 Å². The van der Waals surface area contributed by atoms with Crippen molar-refractivity contribution in [3.05, 3.63) is 32.7 Å². The van der Waals surface area contributed by atoms with Crippen LogP contribution in [0.15, 0.2) is 27.1 Å². The molecule has 0 N–H and O–H groups in total. The summed E-state index contributed by atoms with van der Waals surface area (Å²) < 4.78 is 1.73. The highest BCUT2D eigenvalue weighted by molar-refractivity contribution is 9.11. The van der Waals surface area contributed by atoms with Gasteiger partial charge in [-0.1, -0.05) is 37.8 Å². The third-order valence-corrected chi connectivity index (χ3v) is 2.36. The summed E-state index contributed by atoms with van der Waals surface area (Å²) >= 11 is 6.60. The Morgan fingerprint density at radius 1 is 1.31 bits per heavy atom. The fourth-order valence-corrected chi connectivity index (χ4v) is 2.20. The Morgan fingerprint density at radius 3 is 2.31 bits per heavy atom. The fourth-order valence-electron chi connectivity index (χ4n) is 0.910. The van der Waals surface area contributed by atoms with Crippen molar-refractivity contribution in [3.8, 4) is 12.3 Å². The van der Waals surface area contributed by atoms with Crippen LogP contribution in [0.2, 0.25) is 0 Å². The van der Waals surface area contributed by atoms with Gasteiger partial charge in [-0.3, -0.25) is 4.79 Å². The van der Waals surface area contributed by atoms with E-state index >= 15 is 0 Å². The molecule has 13 heavy (non-hydrogen) atoms. The summed E-state index contributed by atoms with van der Waals surface area (Å²) in [6.45, 7) is 0. The SMILES string of the molecule is C#CCC(=O)c1cc(Br)cc(Br)c1. The third-order valence-electron chi connectivity index (χ3n) is 1.45. The Balaban J connectivity index is 3.02. The molecule has 0 bridgehead atoms. The molecule has 66 valence electrons. The summed E-state index contributed by atoms with van der Waals surface area (Å²) in [6.07, 6.45) is 5.19. The normalized spacial score (nSPS) is 9.31. The molecule has 0 aromatic heterocycles. The van der Waals surface area contributed by atoms with Gasteiger partial charge in [-0.05, 0) is 18.2 Å². The van der Waals surface area contributed by atoms with Gasteiger partial charge in [0.2, 0.25) is 0 Å². The Labute approximate surface area is 93.8 Å². The maximum atomic E-state index is 11.4. The van der Waals surface area contributed by atoms with Crippen LogP contribution in [0.4, 0.5) is 0 Å². The summed E-state index contributed by atoms with van der Waals surface area (Å²) in [5.74, 6) is 2.29. The molecule has 0 amide bonds. The van der Waals surface area contributed by atoms with Crippen LogP contribution in [0, 0.1) is 12.3 Å². The number of ketones is 1. The number of carbonyl (C=O) groups is 1. The quantitative estimate of drug-likeness (QED) is 0.604. The van der Waals surface area contributed by atoms with E-state index in [2.05, 4.69) is 37.8 Å². The lowest BCUT2D eigenvalue weighted by Gasteiger charge is -1.99. The maximum Gasteiger partial charge on any atom is 0.174 e. The van der Waals surface area contributed by atoms with Gasteiger partial charge < -0.3 is 0 Å². The van der Waals surface area contributed by atoms with E-state index in [1.54, 1.807) is 12.1 Å². The average molecular weight is 302 g/mol.